The quantitative estimate of drug-likeness (QED) is 0.644. The van der Waals surface area contributed by atoms with E-state index < -0.39 is 38.6 Å². The maximum atomic E-state index is 12.8. The second-order valence-corrected chi connectivity index (χ2v) is 8.85. The Kier molecular flexibility index (Phi) is 4.90. The van der Waals surface area contributed by atoms with Gasteiger partial charge in [0.1, 0.15) is 4.21 Å². The lowest BCUT2D eigenvalue weighted by molar-refractivity contribution is -0.383. The number of hydrogen-bond donors (Lipinski definition) is 1. The predicted octanol–water partition coefficient (Wildman–Crippen LogP) is 3.59. The Morgan fingerprint density at radius 2 is 2.04 bits per heavy atom. The normalized spacial score (nSPS) is 22.8. The van der Waals surface area contributed by atoms with Crippen LogP contribution < -0.4 is 5.32 Å². The summed E-state index contributed by atoms with van der Waals surface area (Å²) in [6.07, 6.45) is -2.68. The number of anilines is 1. The van der Waals surface area contributed by atoms with Gasteiger partial charge in [-0.1, -0.05) is 17.8 Å². The van der Waals surface area contributed by atoms with E-state index in [9.17, 15) is 31.7 Å². The highest BCUT2D eigenvalue weighted by molar-refractivity contribution is 7.92. The monoisotopic (exact) mass is 372 g/mol. The minimum absolute atomic E-state index is 0.0109. The summed E-state index contributed by atoms with van der Waals surface area (Å²) in [4.78, 5) is 10.3. The van der Waals surface area contributed by atoms with Crippen LogP contribution in [0.5, 0.6) is 0 Å². The van der Waals surface area contributed by atoms with Crippen LogP contribution in [0.1, 0.15) is 25.7 Å². The summed E-state index contributed by atoms with van der Waals surface area (Å²) in [5, 5.41) is 13.8. The van der Waals surface area contributed by atoms with Gasteiger partial charge in [-0.2, -0.15) is 13.2 Å². The number of nitro groups is 1. The number of hydrogen-bond acceptors (Lipinski definition) is 6. The third kappa shape index (κ3) is 4.34. The van der Waals surface area contributed by atoms with Crippen LogP contribution >= 0.6 is 11.3 Å². The van der Waals surface area contributed by atoms with Crippen molar-refractivity contribution >= 4 is 31.9 Å². The number of thiophene rings is 1. The molecule has 11 heteroatoms. The van der Waals surface area contributed by atoms with Gasteiger partial charge in [0.2, 0.25) is 0 Å². The number of rotatable bonds is 4. The highest BCUT2D eigenvalue weighted by atomic mass is 32.2. The van der Waals surface area contributed by atoms with Crippen molar-refractivity contribution in [2.45, 2.75) is 42.1 Å². The average Bonchev–Trinajstić information content (AvgIpc) is 2.82. The fraction of sp³-hybridized carbons (Fsp3) is 0.667. The molecule has 0 saturated heterocycles. The van der Waals surface area contributed by atoms with Crippen molar-refractivity contribution in [1.82, 2.24) is 0 Å². The van der Waals surface area contributed by atoms with E-state index in [-0.39, 0.29) is 22.1 Å². The van der Waals surface area contributed by atoms with Crippen molar-refractivity contribution in [3.8, 4) is 0 Å². The Morgan fingerprint density at radius 3 is 2.57 bits per heavy atom. The van der Waals surface area contributed by atoms with E-state index in [1.165, 1.54) is 0 Å². The fourth-order valence-electron chi connectivity index (χ4n) is 2.58. The fourth-order valence-corrected chi connectivity index (χ4v) is 4.60. The zero-order valence-corrected chi connectivity index (χ0v) is 13.7. The summed E-state index contributed by atoms with van der Waals surface area (Å²) >= 11 is 0.675. The molecule has 2 rings (SSSR count). The van der Waals surface area contributed by atoms with Gasteiger partial charge in [-0.05, 0) is 19.3 Å². The van der Waals surface area contributed by atoms with Crippen molar-refractivity contribution in [1.29, 1.82) is 0 Å². The second-order valence-electron chi connectivity index (χ2n) is 5.56. The van der Waals surface area contributed by atoms with E-state index in [2.05, 4.69) is 5.32 Å². The minimum Gasteiger partial charge on any atom is -0.368 e. The van der Waals surface area contributed by atoms with Crippen LogP contribution in [-0.4, -0.2) is 31.8 Å². The molecule has 1 saturated carbocycles. The minimum atomic E-state index is -4.29. The van der Waals surface area contributed by atoms with E-state index in [1.54, 1.807) is 0 Å². The molecule has 1 aliphatic rings. The molecule has 2 atom stereocenters. The molecule has 1 aromatic heterocycles. The Morgan fingerprint density at radius 1 is 1.39 bits per heavy atom. The molecule has 0 aliphatic heterocycles. The molecule has 2 unspecified atom stereocenters. The van der Waals surface area contributed by atoms with Crippen LogP contribution in [0.3, 0.4) is 0 Å². The van der Waals surface area contributed by atoms with E-state index in [1.807, 2.05) is 0 Å². The highest BCUT2D eigenvalue weighted by Crippen LogP contribution is 2.41. The predicted molar refractivity (Wildman–Crippen MR) is 79.5 cm³/mol. The molecule has 0 amide bonds. The van der Waals surface area contributed by atoms with Gasteiger partial charge < -0.3 is 5.32 Å². The van der Waals surface area contributed by atoms with Gasteiger partial charge in [0.15, 0.2) is 14.8 Å². The summed E-state index contributed by atoms with van der Waals surface area (Å²) < 4.78 is 61.3. The maximum Gasteiger partial charge on any atom is 0.391 e. The molecule has 23 heavy (non-hydrogen) atoms. The van der Waals surface area contributed by atoms with Crippen LogP contribution in [0, 0.1) is 16.0 Å². The standard InChI is InChI=1S/C12H15F3N2O4S2/c1-23(20,21)10-6-9(17(18)19)11(22-10)16-8-4-2-3-7(5-8)12(13,14)15/h6-8,16H,2-5H2,1H3. The van der Waals surface area contributed by atoms with E-state index >= 15 is 0 Å². The SMILES string of the molecule is CS(=O)(=O)c1cc([N+](=O)[O-])c(NC2CCCC(C(F)(F)F)C2)s1. The molecule has 6 nitrogen and oxygen atoms in total. The zero-order valence-electron chi connectivity index (χ0n) is 12.1. The summed E-state index contributed by atoms with van der Waals surface area (Å²) in [6.45, 7) is 0. The number of halogens is 3. The molecule has 1 aliphatic carbocycles. The van der Waals surface area contributed by atoms with Crippen LogP contribution in [0.15, 0.2) is 10.3 Å². The third-order valence-corrected chi connectivity index (χ3v) is 6.58. The van der Waals surface area contributed by atoms with Crippen molar-refractivity contribution < 1.29 is 26.5 Å². The number of nitrogens with one attached hydrogen (secondary N) is 1. The molecule has 1 fully saturated rings. The van der Waals surface area contributed by atoms with Crippen LogP contribution in [0.4, 0.5) is 23.9 Å². The molecule has 1 N–H and O–H groups in total. The summed E-state index contributed by atoms with van der Waals surface area (Å²) in [7, 11) is -3.62. The third-order valence-electron chi connectivity index (χ3n) is 3.72. The largest absolute Gasteiger partial charge is 0.391 e. The van der Waals surface area contributed by atoms with E-state index in [0.717, 1.165) is 12.3 Å². The zero-order chi connectivity index (χ0) is 17.4. The van der Waals surface area contributed by atoms with Crippen LogP contribution in [-0.2, 0) is 9.84 Å². The van der Waals surface area contributed by atoms with Crippen LogP contribution in [0.25, 0.3) is 0 Å². The van der Waals surface area contributed by atoms with E-state index in [0.29, 0.717) is 24.2 Å². The van der Waals surface area contributed by atoms with Gasteiger partial charge in [0, 0.05) is 18.4 Å². The lowest BCUT2D eigenvalue weighted by atomic mass is 9.85. The molecular formula is C12H15F3N2O4S2. The van der Waals surface area contributed by atoms with E-state index in [4.69, 9.17) is 0 Å². The Bertz CT molecular complexity index is 700. The lowest BCUT2D eigenvalue weighted by Crippen LogP contribution is -2.34. The second kappa shape index (κ2) is 6.27. The first kappa shape index (κ1) is 18.0. The molecule has 0 bridgehead atoms. The highest BCUT2D eigenvalue weighted by Gasteiger charge is 2.42. The topological polar surface area (TPSA) is 89.3 Å². The lowest BCUT2D eigenvalue weighted by Gasteiger charge is -2.31. The van der Waals surface area contributed by atoms with Crippen molar-refractivity contribution in [2.24, 2.45) is 5.92 Å². The summed E-state index contributed by atoms with van der Waals surface area (Å²) in [6, 6.07) is 0.368. The van der Waals surface area contributed by atoms with Gasteiger partial charge in [0.05, 0.1) is 10.8 Å². The Balaban J connectivity index is 2.22. The molecule has 130 valence electrons. The summed E-state index contributed by atoms with van der Waals surface area (Å²) in [5.74, 6) is -1.44. The first-order valence-electron chi connectivity index (χ1n) is 6.80. The number of sulfone groups is 1. The van der Waals surface area contributed by atoms with Crippen molar-refractivity contribution in [2.75, 3.05) is 11.6 Å². The van der Waals surface area contributed by atoms with Gasteiger partial charge >= 0.3 is 11.9 Å². The van der Waals surface area contributed by atoms with Gasteiger partial charge in [-0.15, -0.1) is 0 Å². The smallest absolute Gasteiger partial charge is 0.368 e. The Hall–Kier alpha value is -1.36. The molecule has 0 aromatic carbocycles. The summed E-state index contributed by atoms with van der Waals surface area (Å²) in [5.41, 5.74) is -0.426. The molecular weight excluding hydrogens is 357 g/mol. The Labute approximate surface area is 134 Å². The van der Waals surface area contributed by atoms with Crippen molar-refractivity contribution in [3.05, 3.63) is 16.2 Å². The van der Waals surface area contributed by atoms with Gasteiger partial charge in [-0.25, -0.2) is 8.42 Å². The van der Waals surface area contributed by atoms with Gasteiger partial charge in [0.25, 0.3) is 0 Å². The maximum absolute atomic E-state index is 12.8. The van der Waals surface area contributed by atoms with Gasteiger partial charge in [-0.3, -0.25) is 10.1 Å². The molecule has 0 spiro atoms. The first-order valence-corrected chi connectivity index (χ1v) is 9.51. The average molecular weight is 372 g/mol. The van der Waals surface area contributed by atoms with Crippen molar-refractivity contribution in [3.63, 3.8) is 0 Å². The number of nitrogens with zero attached hydrogens (tertiary/aromatic N) is 1. The molecule has 1 aromatic rings. The van der Waals surface area contributed by atoms with Crippen LogP contribution in [0.2, 0.25) is 0 Å². The number of alkyl halides is 3. The first-order chi connectivity index (χ1) is 10.5. The molecule has 1 heterocycles. The molecule has 0 radical (unpaired) electrons.